The van der Waals surface area contributed by atoms with Crippen molar-refractivity contribution in [3.05, 3.63) is 65.7 Å². The molecule has 0 bridgehead atoms. The first-order valence-electron chi connectivity index (χ1n) is 8.46. The van der Waals surface area contributed by atoms with Crippen molar-refractivity contribution in [3.8, 4) is 0 Å². The lowest BCUT2D eigenvalue weighted by Crippen LogP contribution is -2.53. The number of anilines is 1. The predicted molar refractivity (Wildman–Crippen MR) is 96.5 cm³/mol. The molecule has 0 amide bonds. The zero-order chi connectivity index (χ0) is 16.9. The summed E-state index contributed by atoms with van der Waals surface area (Å²) in [6.07, 6.45) is 0.558. The first kappa shape index (κ1) is 16.5. The quantitative estimate of drug-likeness (QED) is 0.918. The van der Waals surface area contributed by atoms with Gasteiger partial charge >= 0.3 is 5.97 Å². The van der Waals surface area contributed by atoms with Crippen molar-refractivity contribution >= 4 is 11.7 Å². The third-order valence-electron chi connectivity index (χ3n) is 4.67. The predicted octanol–water partition coefficient (Wildman–Crippen LogP) is 2.81. The van der Waals surface area contributed by atoms with Gasteiger partial charge in [-0.05, 0) is 31.0 Å². The molecule has 2 aromatic carbocycles. The number of para-hydroxylation sites is 1. The maximum Gasteiger partial charge on any atom is 0.321 e. The minimum Gasteiger partial charge on any atom is -0.480 e. The van der Waals surface area contributed by atoms with Crippen molar-refractivity contribution in [1.82, 2.24) is 4.90 Å². The summed E-state index contributed by atoms with van der Waals surface area (Å²) >= 11 is 0. The Morgan fingerprint density at radius 1 is 1.04 bits per heavy atom. The number of nitrogens with zero attached hydrogens (tertiary/aromatic N) is 2. The van der Waals surface area contributed by atoms with Gasteiger partial charge in [0, 0.05) is 31.9 Å². The smallest absolute Gasteiger partial charge is 0.321 e. The molecule has 2 aromatic rings. The summed E-state index contributed by atoms with van der Waals surface area (Å²) in [5.41, 5.74) is 3.47. The molecular formula is C20H24N2O2. The van der Waals surface area contributed by atoms with Gasteiger partial charge in [0.05, 0.1) is 0 Å². The summed E-state index contributed by atoms with van der Waals surface area (Å²) < 4.78 is 0. The van der Waals surface area contributed by atoms with Gasteiger partial charge in [-0.2, -0.15) is 0 Å². The number of benzene rings is 2. The fraction of sp³-hybridized carbons (Fsp3) is 0.350. The van der Waals surface area contributed by atoms with Crippen molar-refractivity contribution in [1.29, 1.82) is 0 Å². The van der Waals surface area contributed by atoms with E-state index < -0.39 is 12.0 Å². The number of hydrogen-bond donors (Lipinski definition) is 1. The Morgan fingerprint density at radius 2 is 1.75 bits per heavy atom. The molecule has 1 heterocycles. The van der Waals surface area contributed by atoms with Crippen LogP contribution in [0.25, 0.3) is 0 Å². The highest BCUT2D eigenvalue weighted by molar-refractivity contribution is 5.74. The van der Waals surface area contributed by atoms with E-state index in [1.165, 1.54) is 11.3 Å². The molecule has 0 aromatic heterocycles. The van der Waals surface area contributed by atoms with Crippen molar-refractivity contribution in [2.24, 2.45) is 0 Å². The topological polar surface area (TPSA) is 43.8 Å². The van der Waals surface area contributed by atoms with Gasteiger partial charge in [0.25, 0.3) is 0 Å². The molecule has 1 aliphatic rings. The third kappa shape index (κ3) is 3.95. The van der Waals surface area contributed by atoms with E-state index in [4.69, 9.17) is 0 Å². The van der Waals surface area contributed by atoms with E-state index in [9.17, 15) is 9.90 Å². The van der Waals surface area contributed by atoms with Crippen LogP contribution >= 0.6 is 0 Å². The molecule has 126 valence electrons. The SMILES string of the molecule is Cc1cccc(CC(C(=O)O)N2CCN(c3ccccc3)CC2)c1. The summed E-state index contributed by atoms with van der Waals surface area (Å²) in [6.45, 7) is 5.32. The average molecular weight is 324 g/mol. The lowest BCUT2D eigenvalue weighted by atomic mass is 10.0. The molecular weight excluding hydrogens is 300 g/mol. The van der Waals surface area contributed by atoms with Crippen LogP contribution in [0.15, 0.2) is 54.6 Å². The maximum atomic E-state index is 11.8. The fourth-order valence-corrected chi connectivity index (χ4v) is 3.37. The summed E-state index contributed by atoms with van der Waals surface area (Å²) in [7, 11) is 0. The third-order valence-corrected chi connectivity index (χ3v) is 4.67. The summed E-state index contributed by atoms with van der Waals surface area (Å²) in [5, 5.41) is 9.68. The lowest BCUT2D eigenvalue weighted by molar-refractivity contribution is -0.143. The van der Waals surface area contributed by atoms with E-state index >= 15 is 0 Å². The van der Waals surface area contributed by atoms with E-state index in [1.807, 2.05) is 43.3 Å². The molecule has 1 unspecified atom stereocenters. The van der Waals surface area contributed by atoms with Crippen molar-refractivity contribution in [2.45, 2.75) is 19.4 Å². The van der Waals surface area contributed by atoms with E-state index in [-0.39, 0.29) is 0 Å². The van der Waals surface area contributed by atoms with Crippen LogP contribution in [0.5, 0.6) is 0 Å². The average Bonchev–Trinajstić information content (AvgIpc) is 2.60. The Bertz CT molecular complexity index is 679. The molecule has 1 saturated heterocycles. The highest BCUT2D eigenvalue weighted by Gasteiger charge is 2.29. The van der Waals surface area contributed by atoms with E-state index in [2.05, 4.69) is 28.0 Å². The van der Waals surface area contributed by atoms with Gasteiger partial charge in [-0.3, -0.25) is 9.69 Å². The molecule has 1 N–H and O–H groups in total. The second-order valence-electron chi connectivity index (χ2n) is 6.41. The number of aryl methyl sites for hydroxylation is 1. The molecule has 0 spiro atoms. The van der Waals surface area contributed by atoms with Gasteiger partial charge in [-0.25, -0.2) is 0 Å². The minimum absolute atomic E-state index is 0.454. The standard InChI is InChI=1S/C20H24N2O2/c1-16-6-5-7-17(14-16)15-19(20(23)24)22-12-10-21(11-13-22)18-8-3-2-4-9-18/h2-9,14,19H,10-13,15H2,1H3,(H,23,24). The van der Waals surface area contributed by atoms with Gasteiger partial charge in [-0.15, -0.1) is 0 Å². The van der Waals surface area contributed by atoms with E-state index in [1.54, 1.807) is 0 Å². The lowest BCUT2D eigenvalue weighted by Gasteiger charge is -2.38. The second kappa shape index (κ2) is 7.49. The molecule has 0 aliphatic carbocycles. The van der Waals surface area contributed by atoms with Gasteiger partial charge in [0.15, 0.2) is 0 Å². The highest BCUT2D eigenvalue weighted by Crippen LogP contribution is 2.18. The summed E-state index contributed by atoms with van der Waals surface area (Å²) in [5.74, 6) is -0.732. The van der Waals surface area contributed by atoms with Crippen LogP contribution in [0.2, 0.25) is 0 Å². The number of carbonyl (C=O) groups is 1. The molecule has 3 rings (SSSR count). The van der Waals surface area contributed by atoms with Gasteiger partial charge < -0.3 is 10.0 Å². The van der Waals surface area contributed by atoms with Crippen molar-refractivity contribution in [2.75, 3.05) is 31.1 Å². The monoisotopic (exact) mass is 324 g/mol. The number of rotatable bonds is 5. The van der Waals surface area contributed by atoms with E-state index in [0.717, 1.165) is 31.7 Å². The van der Waals surface area contributed by atoms with Crippen LogP contribution in [0.1, 0.15) is 11.1 Å². The van der Waals surface area contributed by atoms with Crippen molar-refractivity contribution in [3.63, 3.8) is 0 Å². The summed E-state index contributed by atoms with van der Waals surface area (Å²) in [4.78, 5) is 16.2. The van der Waals surface area contributed by atoms with Gasteiger partial charge in [-0.1, -0.05) is 48.0 Å². The van der Waals surface area contributed by atoms with Crippen LogP contribution in [-0.4, -0.2) is 48.2 Å². The van der Waals surface area contributed by atoms with Crippen LogP contribution in [0.4, 0.5) is 5.69 Å². The first-order valence-corrected chi connectivity index (χ1v) is 8.46. The van der Waals surface area contributed by atoms with E-state index in [0.29, 0.717) is 6.42 Å². The summed E-state index contributed by atoms with van der Waals surface area (Å²) in [6, 6.07) is 18.0. The molecule has 0 radical (unpaired) electrons. The molecule has 1 aliphatic heterocycles. The molecule has 4 heteroatoms. The maximum absolute atomic E-state index is 11.8. The van der Waals surface area contributed by atoms with Crippen LogP contribution < -0.4 is 4.90 Å². The number of aliphatic carboxylic acids is 1. The molecule has 24 heavy (non-hydrogen) atoms. The van der Waals surface area contributed by atoms with Crippen LogP contribution in [0.3, 0.4) is 0 Å². The Morgan fingerprint density at radius 3 is 2.38 bits per heavy atom. The Balaban J connectivity index is 1.65. The normalized spacial score (nSPS) is 16.8. The highest BCUT2D eigenvalue weighted by atomic mass is 16.4. The van der Waals surface area contributed by atoms with Crippen molar-refractivity contribution < 1.29 is 9.90 Å². The van der Waals surface area contributed by atoms with Gasteiger partial charge in [0.2, 0.25) is 0 Å². The second-order valence-corrected chi connectivity index (χ2v) is 6.41. The minimum atomic E-state index is -0.732. The number of carboxylic acid groups (broad SMARTS) is 1. The first-order chi connectivity index (χ1) is 11.6. The van der Waals surface area contributed by atoms with Crippen LogP contribution in [-0.2, 0) is 11.2 Å². The Kier molecular flexibility index (Phi) is 5.16. The van der Waals surface area contributed by atoms with Gasteiger partial charge in [0.1, 0.15) is 6.04 Å². The Labute approximate surface area is 143 Å². The number of carboxylic acids is 1. The molecule has 4 nitrogen and oxygen atoms in total. The fourth-order valence-electron chi connectivity index (χ4n) is 3.37. The molecule has 1 fully saturated rings. The zero-order valence-corrected chi connectivity index (χ0v) is 14.1. The molecule has 1 atom stereocenters. The van der Waals surface area contributed by atoms with Crippen LogP contribution in [0, 0.1) is 6.92 Å². The number of piperazine rings is 1. The zero-order valence-electron chi connectivity index (χ0n) is 14.1. The Hall–Kier alpha value is -2.33. The molecule has 0 saturated carbocycles. The largest absolute Gasteiger partial charge is 0.480 e. The number of hydrogen-bond acceptors (Lipinski definition) is 3.